The quantitative estimate of drug-likeness (QED) is 0.679. The molecule has 0 unspecified atom stereocenters. The SMILES string of the molecule is COc1ccc2c(c1)Oc1ccccc1CN(C(=O)c1cc3c([nH]c1=O)CCCC3)C2. The molecule has 2 aromatic carbocycles. The molecular weight excluding hydrogens is 392 g/mol. The topological polar surface area (TPSA) is 71.6 Å². The molecule has 0 saturated carbocycles. The van der Waals surface area contributed by atoms with Gasteiger partial charge in [-0.25, -0.2) is 0 Å². The second kappa shape index (κ2) is 7.95. The van der Waals surface area contributed by atoms with E-state index >= 15 is 0 Å². The summed E-state index contributed by atoms with van der Waals surface area (Å²) in [5.74, 6) is 1.74. The van der Waals surface area contributed by atoms with Crippen molar-refractivity contribution in [1.29, 1.82) is 0 Å². The first-order chi connectivity index (χ1) is 15.1. The Hall–Kier alpha value is -3.54. The number of hydrogen-bond acceptors (Lipinski definition) is 4. The Morgan fingerprint density at radius 1 is 0.968 bits per heavy atom. The number of pyridine rings is 1. The number of aryl methyl sites for hydroxylation is 2. The summed E-state index contributed by atoms with van der Waals surface area (Å²) in [4.78, 5) is 31.0. The van der Waals surface area contributed by atoms with E-state index in [1.165, 1.54) is 0 Å². The summed E-state index contributed by atoms with van der Waals surface area (Å²) in [6, 6.07) is 15.0. The molecule has 31 heavy (non-hydrogen) atoms. The monoisotopic (exact) mass is 416 g/mol. The van der Waals surface area contributed by atoms with E-state index in [1.807, 2.05) is 42.5 Å². The first-order valence-electron chi connectivity index (χ1n) is 10.6. The van der Waals surface area contributed by atoms with Crippen molar-refractivity contribution in [2.24, 2.45) is 0 Å². The zero-order valence-corrected chi connectivity index (χ0v) is 17.4. The summed E-state index contributed by atoms with van der Waals surface area (Å²) in [6.45, 7) is 0.694. The smallest absolute Gasteiger partial charge is 0.261 e. The predicted octanol–water partition coefficient (Wildman–Crippen LogP) is 4.21. The molecule has 2 aliphatic rings. The van der Waals surface area contributed by atoms with Crippen molar-refractivity contribution in [3.8, 4) is 17.2 Å². The molecule has 1 aromatic heterocycles. The van der Waals surface area contributed by atoms with Crippen LogP contribution in [0.15, 0.2) is 53.3 Å². The number of aromatic nitrogens is 1. The van der Waals surface area contributed by atoms with Crippen molar-refractivity contribution in [3.05, 3.63) is 86.8 Å². The van der Waals surface area contributed by atoms with Crippen LogP contribution in [0.25, 0.3) is 0 Å². The third kappa shape index (κ3) is 3.69. The van der Waals surface area contributed by atoms with Gasteiger partial charge in [0, 0.05) is 22.9 Å². The Labute approximate surface area is 180 Å². The average Bonchev–Trinajstić information content (AvgIpc) is 2.78. The van der Waals surface area contributed by atoms with Gasteiger partial charge in [0.1, 0.15) is 22.8 Å². The molecular formula is C25H24N2O4. The van der Waals surface area contributed by atoms with Crippen LogP contribution in [0.1, 0.15) is 45.6 Å². The highest BCUT2D eigenvalue weighted by Crippen LogP contribution is 2.35. The molecule has 6 nitrogen and oxygen atoms in total. The number of ether oxygens (including phenoxy) is 2. The normalized spacial score (nSPS) is 14.9. The van der Waals surface area contributed by atoms with Gasteiger partial charge in [-0.1, -0.05) is 18.2 Å². The summed E-state index contributed by atoms with van der Waals surface area (Å²) < 4.78 is 11.5. The molecule has 1 amide bonds. The van der Waals surface area contributed by atoms with E-state index in [1.54, 1.807) is 18.1 Å². The van der Waals surface area contributed by atoms with Crippen molar-refractivity contribution >= 4 is 5.91 Å². The number of carbonyl (C=O) groups excluding carboxylic acids is 1. The van der Waals surface area contributed by atoms with Gasteiger partial charge >= 0.3 is 0 Å². The summed E-state index contributed by atoms with van der Waals surface area (Å²) in [7, 11) is 1.61. The second-order valence-corrected chi connectivity index (χ2v) is 8.07. The fourth-order valence-electron chi connectivity index (χ4n) is 4.35. The number of amides is 1. The molecule has 1 aliphatic heterocycles. The lowest BCUT2D eigenvalue weighted by Gasteiger charge is -2.28. The van der Waals surface area contributed by atoms with E-state index in [-0.39, 0.29) is 17.0 Å². The Bertz CT molecular complexity index is 1210. The highest BCUT2D eigenvalue weighted by molar-refractivity contribution is 5.94. The van der Waals surface area contributed by atoms with E-state index in [0.717, 1.165) is 48.1 Å². The first kappa shape index (κ1) is 19.4. The third-order valence-electron chi connectivity index (χ3n) is 6.05. The first-order valence-corrected chi connectivity index (χ1v) is 10.6. The molecule has 0 fully saturated rings. The number of fused-ring (bicyclic) bond motifs is 3. The number of rotatable bonds is 2. The van der Waals surface area contributed by atoms with E-state index in [4.69, 9.17) is 9.47 Å². The summed E-state index contributed by atoms with van der Waals surface area (Å²) >= 11 is 0. The van der Waals surface area contributed by atoms with Gasteiger partial charge in [-0.05, 0) is 55.5 Å². The molecule has 1 aliphatic carbocycles. The fourth-order valence-corrected chi connectivity index (χ4v) is 4.35. The minimum absolute atomic E-state index is 0.203. The summed E-state index contributed by atoms with van der Waals surface area (Å²) in [6.07, 6.45) is 3.91. The number of carbonyl (C=O) groups is 1. The molecule has 2 heterocycles. The molecule has 0 bridgehead atoms. The Morgan fingerprint density at radius 3 is 2.58 bits per heavy atom. The van der Waals surface area contributed by atoms with Crippen molar-refractivity contribution in [2.45, 2.75) is 38.8 Å². The molecule has 0 radical (unpaired) electrons. The van der Waals surface area contributed by atoms with Gasteiger partial charge in [-0.3, -0.25) is 9.59 Å². The van der Waals surface area contributed by atoms with Gasteiger partial charge in [0.2, 0.25) is 0 Å². The lowest BCUT2D eigenvalue weighted by atomic mass is 9.94. The van der Waals surface area contributed by atoms with Crippen LogP contribution in [0.2, 0.25) is 0 Å². The van der Waals surface area contributed by atoms with E-state index < -0.39 is 0 Å². The number of nitrogens with one attached hydrogen (secondary N) is 1. The van der Waals surface area contributed by atoms with Crippen LogP contribution in [0, 0.1) is 0 Å². The lowest BCUT2D eigenvalue weighted by molar-refractivity contribution is 0.0723. The number of para-hydroxylation sites is 1. The molecule has 3 aromatic rings. The fraction of sp³-hybridized carbons (Fsp3) is 0.280. The maximum Gasteiger partial charge on any atom is 0.261 e. The number of methoxy groups -OCH3 is 1. The Kier molecular flexibility index (Phi) is 4.98. The van der Waals surface area contributed by atoms with Crippen LogP contribution < -0.4 is 15.0 Å². The Balaban J connectivity index is 1.57. The number of H-pyrrole nitrogens is 1. The second-order valence-electron chi connectivity index (χ2n) is 8.07. The molecule has 1 N–H and O–H groups in total. The van der Waals surface area contributed by atoms with Crippen LogP contribution >= 0.6 is 0 Å². The van der Waals surface area contributed by atoms with Crippen molar-refractivity contribution < 1.29 is 14.3 Å². The Morgan fingerprint density at radius 2 is 1.74 bits per heavy atom. The van der Waals surface area contributed by atoms with Gasteiger partial charge in [0.05, 0.1) is 20.2 Å². The van der Waals surface area contributed by atoms with Gasteiger partial charge in [-0.15, -0.1) is 0 Å². The zero-order chi connectivity index (χ0) is 21.4. The van der Waals surface area contributed by atoms with Crippen LogP contribution in [0.4, 0.5) is 0 Å². The van der Waals surface area contributed by atoms with Crippen molar-refractivity contribution in [3.63, 3.8) is 0 Å². The largest absolute Gasteiger partial charge is 0.497 e. The maximum absolute atomic E-state index is 13.6. The van der Waals surface area contributed by atoms with E-state index in [0.29, 0.717) is 30.3 Å². The highest BCUT2D eigenvalue weighted by Gasteiger charge is 2.26. The van der Waals surface area contributed by atoms with Crippen LogP contribution in [-0.2, 0) is 25.9 Å². The molecule has 0 saturated heterocycles. The molecule has 6 heteroatoms. The highest BCUT2D eigenvalue weighted by atomic mass is 16.5. The standard InChI is InChI=1S/C25H24N2O4/c1-30-19-11-10-18-15-27(14-17-7-3-5-9-22(17)31-23(18)13-19)25(29)20-12-16-6-2-4-8-21(16)26-24(20)28/h3,5,7,9-13H,2,4,6,8,14-15H2,1H3,(H,26,28). The number of aromatic amines is 1. The lowest BCUT2D eigenvalue weighted by Crippen LogP contribution is -2.35. The third-order valence-corrected chi connectivity index (χ3v) is 6.05. The average molecular weight is 416 g/mol. The van der Waals surface area contributed by atoms with Gasteiger partial charge in [0.15, 0.2) is 0 Å². The minimum Gasteiger partial charge on any atom is -0.497 e. The summed E-state index contributed by atoms with van der Waals surface area (Å²) in [5, 5.41) is 0. The zero-order valence-electron chi connectivity index (χ0n) is 17.4. The van der Waals surface area contributed by atoms with E-state index in [9.17, 15) is 9.59 Å². The van der Waals surface area contributed by atoms with Crippen LogP contribution in [0.3, 0.4) is 0 Å². The molecule has 5 rings (SSSR count). The number of hydrogen-bond donors (Lipinski definition) is 1. The molecule has 0 atom stereocenters. The van der Waals surface area contributed by atoms with Crippen LogP contribution in [0.5, 0.6) is 17.2 Å². The number of nitrogens with zero attached hydrogens (tertiary/aromatic N) is 1. The molecule has 158 valence electrons. The van der Waals surface area contributed by atoms with Crippen LogP contribution in [-0.4, -0.2) is 22.9 Å². The van der Waals surface area contributed by atoms with Gasteiger partial charge in [-0.2, -0.15) is 0 Å². The summed E-state index contributed by atoms with van der Waals surface area (Å²) in [5.41, 5.74) is 3.69. The predicted molar refractivity (Wildman–Crippen MR) is 117 cm³/mol. The number of benzene rings is 2. The van der Waals surface area contributed by atoms with Crippen molar-refractivity contribution in [2.75, 3.05) is 7.11 Å². The van der Waals surface area contributed by atoms with E-state index in [2.05, 4.69) is 4.98 Å². The van der Waals surface area contributed by atoms with Crippen molar-refractivity contribution in [1.82, 2.24) is 9.88 Å². The maximum atomic E-state index is 13.6. The minimum atomic E-state index is -0.313. The van der Waals surface area contributed by atoms with Gasteiger partial charge < -0.3 is 19.4 Å². The van der Waals surface area contributed by atoms with Gasteiger partial charge in [0.25, 0.3) is 11.5 Å². The molecule has 0 spiro atoms.